The lowest BCUT2D eigenvalue weighted by molar-refractivity contribution is 0.407. The first-order valence-corrected chi connectivity index (χ1v) is 8.73. The van der Waals surface area contributed by atoms with Crippen LogP contribution in [0.15, 0.2) is 38.6 Å². The Hall–Kier alpha value is -3.15. The second-order valence-corrected chi connectivity index (χ2v) is 7.63. The van der Waals surface area contributed by atoms with Gasteiger partial charge in [0.15, 0.2) is 6.39 Å². The first kappa shape index (κ1) is 18.6. The summed E-state index contributed by atoms with van der Waals surface area (Å²) in [5, 5.41) is 0.347. The smallest absolute Gasteiger partial charge is 0.272 e. The summed E-state index contributed by atoms with van der Waals surface area (Å²) < 4.78 is 5.45. The third kappa shape index (κ3) is 3.84. The van der Waals surface area contributed by atoms with Gasteiger partial charge in [-0.1, -0.05) is 39.0 Å². The Morgan fingerprint density at radius 1 is 1.00 bits per heavy atom. The second-order valence-electron chi connectivity index (χ2n) is 7.63. The van der Waals surface area contributed by atoms with Gasteiger partial charge in [0.25, 0.3) is 11.1 Å². The lowest BCUT2D eigenvalue weighted by atomic mass is 9.92. The molecular weight excluding hydrogens is 342 g/mol. The van der Waals surface area contributed by atoms with Crippen molar-refractivity contribution in [1.29, 1.82) is 0 Å². The van der Waals surface area contributed by atoms with Crippen LogP contribution in [0.2, 0.25) is 0 Å². The molecule has 6 nitrogen and oxygen atoms in total. The lowest BCUT2D eigenvalue weighted by Crippen LogP contribution is -2.46. The molecule has 0 fully saturated rings. The summed E-state index contributed by atoms with van der Waals surface area (Å²) in [6.45, 7) is 9.94. The van der Waals surface area contributed by atoms with Crippen molar-refractivity contribution in [3.8, 4) is 0 Å². The first-order valence-electron chi connectivity index (χ1n) is 8.73. The van der Waals surface area contributed by atoms with Crippen molar-refractivity contribution in [2.45, 2.75) is 40.0 Å². The zero-order chi connectivity index (χ0) is 19.8. The summed E-state index contributed by atoms with van der Waals surface area (Å²) in [6, 6.07) is 5.83. The number of hydrogen-bond acceptors (Lipinski definition) is 4. The van der Waals surface area contributed by atoms with Crippen molar-refractivity contribution < 1.29 is 4.42 Å². The predicted molar refractivity (Wildman–Crippen MR) is 105 cm³/mol. The number of oxazole rings is 1. The van der Waals surface area contributed by atoms with Crippen molar-refractivity contribution in [2.24, 2.45) is 0 Å². The van der Waals surface area contributed by atoms with Gasteiger partial charge in [-0.2, -0.15) is 0 Å². The quantitative estimate of drug-likeness (QED) is 0.722. The Kier molecular flexibility index (Phi) is 4.74. The van der Waals surface area contributed by atoms with Crippen molar-refractivity contribution in [2.75, 3.05) is 0 Å². The van der Waals surface area contributed by atoms with Gasteiger partial charge in [0, 0.05) is 5.41 Å². The van der Waals surface area contributed by atoms with E-state index in [-0.39, 0.29) is 21.7 Å². The second kappa shape index (κ2) is 6.87. The summed E-state index contributed by atoms with van der Waals surface area (Å²) in [5.74, 6) is 0.647. The summed E-state index contributed by atoms with van der Waals surface area (Å²) in [5.41, 5.74) is 2.55. The molecule has 140 valence electrons. The topological polar surface area (TPSA) is 91.8 Å². The minimum atomic E-state index is -0.394. The first-order chi connectivity index (χ1) is 12.7. The molecule has 0 amide bonds. The summed E-state index contributed by atoms with van der Waals surface area (Å²) in [4.78, 5) is 34.4. The third-order valence-electron chi connectivity index (χ3n) is 4.49. The minimum absolute atomic E-state index is 0.137. The van der Waals surface area contributed by atoms with Gasteiger partial charge in [-0.15, -0.1) is 0 Å². The number of aryl methyl sites for hydroxylation is 1. The molecule has 0 aliphatic heterocycles. The van der Waals surface area contributed by atoms with Crippen molar-refractivity contribution in [3.05, 3.63) is 84.1 Å². The van der Waals surface area contributed by atoms with Gasteiger partial charge < -0.3 is 14.4 Å². The van der Waals surface area contributed by atoms with E-state index < -0.39 is 5.56 Å². The molecule has 0 saturated carbocycles. The van der Waals surface area contributed by atoms with Gasteiger partial charge >= 0.3 is 0 Å². The predicted octanol–water partition coefficient (Wildman–Crippen LogP) is 1.62. The Bertz CT molecular complexity index is 1220. The molecule has 2 aromatic heterocycles. The minimum Gasteiger partial charge on any atom is -0.447 e. The molecule has 3 aromatic rings. The van der Waals surface area contributed by atoms with Crippen molar-refractivity contribution >= 4 is 12.2 Å². The van der Waals surface area contributed by atoms with Crippen LogP contribution < -0.4 is 21.8 Å². The molecular formula is C21H23N3O3. The van der Waals surface area contributed by atoms with Crippen LogP contribution >= 0.6 is 0 Å². The fraction of sp³-hybridized carbons (Fsp3) is 0.286. The molecule has 2 heterocycles. The maximum absolute atomic E-state index is 12.5. The highest BCUT2D eigenvalue weighted by Crippen LogP contribution is 2.25. The van der Waals surface area contributed by atoms with Gasteiger partial charge in [-0.3, -0.25) is 9.59 Å². The van der Waals surface area contributed by atoms with Crippen LogP contribution in [0.5, 0.6) is 0 Å². The van der Waals surface area contributed by atoms with Gasteiger partial charge in [-0.05, 0) is 42.7 Å². The fourth-order valence-electron chi connectivity index (χ4n) is 2.84. The molecule has 27 heavy (non-hydrogen) atoms. The highest BCUT2D eigenvalue weighted by molar-refractivity contribution is 5.54. The Morgan fingerprint density at radius 3 is 2.26 bits per heavy atom. The SMILES string of the molecule is Cc1cccc(/C=c2\[nH]c(=O)/c(=C/c3ncoc3C(C)(C)C)[nH]c2=O)c1C. The molecule has 0 atom stereocenters. The molecule has 0 aliphatic rings. The number of nitrogens with one attached hydrogen (secondary N) is 2. The molecule has 0 unspecified atom stereocenters. The number of rotatable bonds is 2. The number of H-pyrrole nitrogens is 2. The van der Waals surface area contributed by atoms with E-state index >= 15 is 0 Å². The van der Waals surface area contributed by atoms with E-state index in [1.165, 1.54) is 12.5 Å². The zero-order valence-corrected chi connectivity index (χ0v) is 16.1. The molecule has 6 heteroatoms. The molecule has 0 saturated heterocycles. The monoisotopic (exact) mass is 365 g/mol. The number of nitrogens with zero attached hydrogens (tertiary/aromatic N) is 1. The van der Waals surface area contributed by atoms with Crippen LogP contribution in [0, 0.1) is 13.8 Å². The van der Waals surface area contributed by atoms with Crippen LogP contribution in [-0.2, 0) is 5.41 Å². The molecule has 0 radical (unpaired) electrons. The van der Waals surface area contributed by atoms with Crippen molar-refractivity contribution in [1.82, 2.24) is 15.0 Å². The molecule has 0 spiro atoms. The van der Waals surface area contributed by atoms with Gasteiger partial charge in [0.05, 0.1) is 0 Å². The van der Waals surface area contributed by atoms with Gasteiger partial charge in [-0.25, -0.2) is 4.98 Å². The highest BCUT2D eigenvalue weighted by Gasteiger charge is 2.21. The molecule has 2 N–H and O–H groups in total. The Morgan fingerprint density at radius 2 is 1.63 bits per heavy atom. The van der Waals surface area contributed by atoms with E-state index in [4.69, 9.17) is 4.42 Å². The van der Waals surface area contributed by atoms with E-state index in [0.29, 0.717) is 11.5 Å². The van der Waals surface area contributed by atoms with E-state index in [1.54, 1.807) is 6.08 Å². The summed E-state index contributed by atoms with van der Waals surface area (Å²) in [6.07, 6.45) is 4.55. The van der Waals surface area contributed by atoms with Crippen LogP contribution in [0.4, 0.5) is 0 Å². The largest absolute Gasteiger partial charge is 0.447 e. The van der Waals surface area contributed by atoms with Crippen LogP contribution in [0.3, 0.4) is 0 Å². The maximum atomic E-state index is 12.5. The molecule has 0 aliphatic carbocycles. The maximum Gasteiger partial charge on any atom is 0.272 e. The fourth-order valence-corrected chi connectivity index (χ4v) is 2.84. The van der Waals surface area contributed by atoms with Crippen LogP contribution in [0.25, 0.3) is 12.2 Å². The normalized spacial score (nSPS) is 13.4. The van der Waals surface area contributed by atoms with E-state index in [9.17, 15) is 9.59 Å². The Labute approximate surface area is 156 Å². The van der Waals surface area contributed by atoms with Gasteiger partial charge in [0.1, 0.15) is 22.2 Å². The van der Waals surface area contributed by atoms with Crippen molar-refractivity contribution in [3.63, 3.8) is 0 Å². The number of aromatic amines is 2. The highest BCUT2D eigenvalue weighted by atomic mass is 16.3. The van der Waals surface area contributed by atoms with E-state index in [1.807, 2.05) is 52.8 Å². The Balaban J connectivity index is 2.16. The third-order valence-corrected chi connectivity index (χ3v) is 4.49. The van der Waals surface area contributed by atoms with Gasteiger partial charge in [0.2, 0.25) is 0 Å². The van der Waals surface area contributed by atoms with Crippen LogP contribution in [-0.4, -0.2) is 15.0 Å². The molecule has 0 bridgehead atoms. The standard InChI is InChI=1S/C21H23N3O3/c1-12-7-6-8-14(13(12)2)9-16-19(25)24-17(20(26)23-16)10-15-18(21(3,4)5)27-11-22-15/h6-11H,1-5H3,(H,23,26)(H,24,25)/b16-9-,17-10-. The summed E-state index contributed by atoms with van der Waals surface area (Å²) >= 11 is 0. The molecule has 1 aromatic carbocycles. The van der Waals surface area contributed by atoms with Crippen LogP contribution in [0.1, 0.15) is 48.9 Å². The van der Waals surface area contributed by atoms with E-state index in [0.717, 1.165) is 16.7 Å². The average molecular weight is 365 g/mol. The average Bonchev–Trinajstić information content (AvgIpc) is 3.05. The summed E-state index contributed by atoms with van der Waals surface area (Å²) in [7, 11) is 0. The number of hydrogen-bond donors (Lipinski definition) is 2. The number of benzene rings is 1. The zero-order valence-electron chi connectivity index (χ0n) is 16.1. The molecule has 3 rings (SSSR count). The van der Waals surface area contributed by atoms with E-state index in [2.05, 4.69) is 15.0 Å². The number of aromatic nitrogens is 3. The lowest BCUT2D eigenvalue weighted by Gasteiger charge is -2.14.